The van der Waals surface area contributed by atoms with Gasteiger partial charge in [-0.1, -0.05) is 18.7 Å². The molecule has 0 radical (unpaired) electrons. The molecule has 0 spiro atoms. The van der Waals surface area contributed by atoms with Crippen LogP contribution in [0.15, 0.2) is 36.1 Å². The van der Waals surface area contributed by atoms with Crippen molar-refractivity contribution in [3.05, 3.63) is 36.1 Å². The van der Waals surface area contributed by atoms with E-state index in [0.29, 0.717) is 0 Å². The Hall–Kier alpha value is -0.980. The maximum atomic E-state index is 8.97. The van der Waals surface area contributed by atoms with E-state index in [1.54, 1.807) is 0 Å². The van der Waals surface area contributed by atoms with Crippen molar-refractivity contribution in [2.75, 3.05) is 0 Å². The second-order valence-electron chi connectivity index (χ2n) is 1.77. The second-order valence-corrected chi connectivity index (χ2v) is 1.77. The van der Waals surface area contributed by atoms with Gasteiger partial charge < -0.3 is 5.11 Å². The number of hydrogen-bond donors (Lipinski definition) is 1. The lowest BCUT2D eigenvalue weighted by Gasteiger charge is -1.92. The van der Waals surface area contributed by atoms with E-state index in [1.165, 1.54) is 6.08 Å². The quantitative estimate of drug-likeness (QED) is 0.443. The van der Waals surface area contributed by atoms with Crippen molar-refractivity contribution in [3.8, 4) is 0 Å². The highest BCUT2D eigenvalue weighted by molar-refractivity contribution is 5.24. The zero-order valence-corrected chi connectivity index (χ0v) is 5.89. The molecule has 1 heteroatoms. The van der Waals surface area contributed by atoms with Crippen LogP contribution in [0.1, 0.15) is 13.8 Å². The van der Waals surface area contributed by atoms with Crippen molar-refractivity contribution < 1.29 is 5.11 Å². The molecule has 0 aromatic carbocycles. The molecule has 0 fully saturated rings. The zero-order valence-electron chi connectivity index (χ0n) is 5.89. The van der Waals surface area contributed by atoms with Gasteiger partial charge in [-0.3, -0.25) is 0 Å². The molecule has 0 amide bonds. The van der Waals surface area contributed by atoms with E-state index in [9.17, 15) is 0 Å². The summed E-state index contributed by atoms with van der Waals surface area (Å²) in [6.45, 7) is 7.16. The molecule has 1 nitrogen and oxygen atoms in total. The van der Waals surface area contributed by atoms with Crippen LogP contribution in [0.4, 0.5) is 0 Å². The smallest absolute Gasteiger partial charge is 0.117 e. The lowest BCUT2D eigenvalue weighted by Crippen LogP contribution is -1.77. The summed E-state index contributed by atoms with van der Waals surface area (Å²) < 4.78 is 0. The van der Waals surface area contributed by atoms with Gasteiger partial charge in [-0.05, 0) is 25.5 Å². The molecule has 0 aliphatic rings. The minimum atomic E-state index is 0.244. The van der Waals surface area contributed by atoms with Gasteiger partial charge in [-0.15, -0.1) is 0 Å². The fourth-order valence-electron chi connectivity index (χ4n) is 0.496. The fourth-order valence-corrected chi connectivity index (χ4v) is 0.496. The molecule has 0 unspecified atom stereocenters. The maximum absolute atomic E-state index is 8.97. The highest BCUT2D eigenvalue weighted by atomic mass is 16.3. The Kier molecular flexibility index (Phi) is 3.52. The third kappa shape index (κ3) is 2.75. The largest absolute Gasteiger partial charge is 0.508 e. The first-order valence-corrected chi connectivity index (χ1v) is 2.87. The Labute approximate surface area is 56.0 Å². The number of aliphatic hydroxyl groups excluding tert-OH is 1. The molecule has 0 atom stereocenters. The summed E-state index contributed by atoms with van der Waals surface area (Å²) in [6.07, 6.45) is 5.13. The van der Waals surface area contributed by atoms with E-state index in [0.717, 1.165) is 5.57 Å². The third-order valence-electron chi connectivity index (χ3n) is 1.01. The molecule has 0 saturated heterocycles. The summed E-state index contributed by atoms with van der Waals surface area (Å²) in [5.74, 6) is 0.244. The van der Waals surface area contributed by atoms with E-state index in [2.05, 4.69) is 6.58 Å². The van der Waals surface area contributed by atoms with Crippen molar-refractivity contribution in [3.63, 3.8) is 0 Å². The minimum Gasteiger partial charge on any atom is -0.508 e. The van der Waals surface area contributed by atoms with Crippen LogP contribution in [0, 0.1) is 0 Å². The first kappa shape index (κ1) is 8.02. The Morgan fingerprint density at radius 3 is 2.44 bits per heavy atom. The summed E-state index contributed by atoms with van der Waals surface area (Å²) in [6, 6.07) is 0. The highest BCUT2D eigenvalue weighted by Crippen LogP contribution is 2.01. The maximum Gasteiger partial charge on any atom is 0.117 e. The molecule has 0 heterocycles. The molecule has 0 saturated carbocycles. The molecule has 0 aliphatic heterocycles. The fraction of sp³-hybridized carbons (Fsp3) is 0.250. The Balaban J connectivity index is 4.27. The van der Waals surface area contributed by atoms with E-state index >= 15 is 0 Å². The van der Waals surface area contributed by atoms with Crippen LogP contribution in [0.5, 0.6) is 0 Å². The van der Waals surface area contributed by atoms with Crippen LogP contribution in [0.25, 0.3) is 0 Å². The van der Waals surface area contributed by atoms with E-state index in [-0.39, 0.29) is 5.76 Å². The van der Waals surface area contributed by atoms with Gasteiger partial charge in [-0.25, -0.2) is 0 Å². The predicted octanol–water partition coefficient (Wildman–Crippen LogP) is 2.58. The van der Waals surface area contributed by atoms with Crippen molar-refractivity contribution in [2.45, 2.75) is 13.8 Å². The van der Waals surface area contributed by atoms with Crippen LogP contribution in [0.3, 0.4) is 0 Å². The monoisotopic (exact) mass is 124 g/mol. The molecular weight excluding hydrogens is 112 g/mol. The van der Waals surface area contributed by atoms with E-state index in [4.69, 9.17) is 5.11 Å². The van der Waals surface area contributed by atoms with Gasteiger partial charge >= 0.3 is 0 Å². The lowest BCUT2D eigenvalue weighted by molar-refractivity contribution is 0.428. The van der Waals surface area contributed by atoms with Gasteiger partial charge in [0.05, 0.1) is 0 Å². The molecule has 1 N–H and O–H groups in total. The summed E-state index contributed by atoms with van der Waals surface area (Å²) in [5, 5.41) is 8.97. The first-order chi connectivity index (χ1) is 4.22. The summed E-state index contributed by atoms with van der Waals surface area (Å²) >= 11 is 0. The van der Waals surface area contributed by atoms with Crippen LogP contribution in [0.2, 0.25) is 0 Å². The van der Waals surface area contributed by atoms with Crippen LogP contribution < -0.4 is 0 Å². The Bertz CT molecular complexity index is 152. The van der Waals surface area contributed by atoms with Crippen molar-refractivity contribution in [1.82, 2.24) is 0 Å². The number of hydrogen-bond acceptors (Lipinski definition) is 1. The average molecular weight is 124 g/mol. The van der Waals surface area contributed by atoms with Gasteiger partial charge in [0.15, 0.2) is 0 Å². The van der Waals surface area contributed by atoms with Gasteiger partial charge in [-0.2, -0.15) is 0 Å². The van der Waals surface area contributed by atoms with Gasteiger partial charge in [0, 0.05) is 0 Å². The molecule has 50 valence electrons. The molecular formula is C8H12O. The lowest BCUT2D eigenvalue weighted by atomic mass is 10.2. The highest BCUT2D eigenvalue weighted by Gasteiger charge is 1.86. The SMILES string of the molecule is C=C/C(O)=C(C)\C=C\C. The van der Waals surface area contributed by atoms with E-state index < -0.39 is 0 Å². The standard InChI is InChI=1S/C8H12O/c1-4-6-7(3)8(9)5-2/h4-6,9H,2H2,1,3H3/b6-4+,8-7+. The molecule has 9 heavy (non-hydrogen) atoms. The molecule has 0 bridgehead atoms. The Morgan fingerprint density at radius 1 is 1.56 bits per heavy atom. The first-order valence-electron chi connectivity index (χ1n) is 2.87. The Morgan fingerprint density at radius 2 is 2.11 bits per heavy atom. The third-order valence-corrected chi connectivity index (χ3v) is 1.01. The zero-order chi connectivity index (χ0) is 7.28. The van der Waals surface area contributed by atoms with E-state index in [1.807, 2.05) is 26.0 Å². The predicted molar refractivity (Wildman–Crippen MR) is 40.3 cm³/mol. The topological polar surface area (TPSA) is 20.2 Å². The van der Waals surface area contributed by atoms with Crippen molar-refractivity contribution >= 4 is 0 Å². The average Bonchev–Trinajstić information content (AvgIpc) is 1.87. The summed E-state index contributed by atoms with van der Waals surface area (Å²) in [4.78, 5) is 0. The molecule has 0 aromatic rings. The van der Waals surface area contributed by atoms with Crippen LogP contribution in [-0.4, -0.2) is 5.11 Å². The van der Waals surface area contributed by atoms with Crippen molar-refractivity contribution in [2.24, 2.45) is 0 Å². The second kappa shape index (κ2) is 3.96. The van der Waals surface area contributed by atoms with Gasteiger partial charge in [0.25, 0.3) is 0 Å². The normalized spacial score (nSPS) is 13.6. The number of allylic oxidation sites excluding steroid dienone is 4. The summed E-state index contributed by atoms with van der Waals surface area (Å²) in [5.41, 5.74) is 0.840. The van der Waals surface area contributed by atoms with Gasteiger partial charge in [0.1, 0.15) is 5.76 Å². The molecule has 0 rings (SSSR count). The number of aliphatic hydroxyl groups is 1. The molecule has 0 aliphatic carbocycles. The number of rotatable bonds is 2. The minimum absolute atomic E-state index is 0.244. The molecule has 0 aromatic heterocycles. The van der Waals surface area contributed by atoms with Crippen LogP contribution in [-0.2, 0) is 0 Å². The summed E-state index contributed by atoms with van der Waals surface area (Å²) in [7, 11) is 0. The van der Waals surface area contributed by atoms with Crippen molar-refractivity contribution in [1.29, 1.82) is 0 Å². The van der Waals surface area contributed by atoms with Crippen LogP contribution >= 0.6 is 0 Å². The van der Waals surface area contributed by atoms with Gasteiger partial charge in [0.2, 0.25) is 0 Å².